The van der Waals surface area contributed by atoms with Gasteiger partial charge in [-0.3, -0.25) is 0 Å². The molecule has 0 saturated carbocycles. The van der Waals surface area contributed by atoms with E-state index in [1.165, 1.54) is 117 Å². The minimum Gasteiger partial charge on any atom is -0.491 e. The van der Waals surface area contributed by atoms with Crippen LogP contribution >= 0.6 is 15.9 Å². The van der Waals surface area contributed by atoms with Crippen molar-refractivity contribution in [2.75, 3.05) is 33.5 Å². The van der Waals surface area contributed by atoms with Crippen LogP contribution in [0.5, 0.6) is 5.75 Å². The summed E-state index contributed by atoms with van der Waals surface area (Å²) in [5, 5.41) is 0. The SMILES string of the molecule is CCCCCCCCC1(CCCCCCCC)c2cc(Br)ccc2-c2ccc(OCCOCCOC)cc21. The zero-order valence-corrected chi connectivity index (χ0v) is 25.9. The number of fused-ring (bicyclic) bond motifs is 3. The zero-order chi connectivity index (χ0) is 27.1. The highest BCUT2D eigenvalue weighted by molar-refractivity contribution is 9.10. The van der Waals surface area contributed by atoms with E-state index in [1.54, 1.807) is 7.11 Å². The fourth-order valence-electron chi connectivity index (χ4n) is 6.08. The molecule has 3 nitrogen and oxygen atoms in total. The number of unbranched alkanes of at least 4 members (excludes halogenated alkanes) is 10. The van der Waals surface area contributed by atoms with E-state index in [-0.39, 0.29) is 5.41 Å². The summed E-state index contributed by atoms with van der Waals surface area (Å²) in [5.74, 6) is 0.959. The van der Waals surface area contributed by atoms with Gasteiger partial charge < -0.3 is 14.2 Å². The lowest BCUT2D eigenvalue weighted by Gasteiger charge is -2.33. The van der Waals surface area contributed by atoms with Gasteiger partial charge in [-0.15, -0.1) is 0 Å². The van der Waals surface area contributed by atoms with Gasteiger partial charge in [-0.05, 0) is 59.4 Å². The molecule has 0 spiro atoms. The molecule has 0 saturated heterocycles. The van der Waals surface area contributed by atoms with Crippen molar-refractivity contribution in [2.45, 2.75) is 109 Å². The smallest absolute Gasteiger partial charge is 0.119 e. The number of halogens is 1. The highest BCUT2D eigenvalue weighted by Crippen LogP contribution is 2.55. The van der Waals surface area contributed by atoms with Gasteiger partial charge in [-0.2, -0.15) is 0 Å². The van der Waals surface area contributed by atoms with Gasteiger partial charge in [0.25, 0.3) is 0 Å². The highest BCUT2D eigenvalue weighted by atomic mass is 79.9. The van der Waals surface area contributed by atoms with E-state index in [2.05, 4.69) is 66.2 Å². The Kier molecular flexibility index (Phi) is 14.2. The summed E-state index contributed by atoms with van der Waals surface area (Å²) in [6, 6.07) is 13.7. The average molecular weight is 588 g/mol. The molecule has 0 amide bonds. The molecular weight excluding hydrogens is 536 g/mol. The number of benzene rings is 2. The lowest BCUT2D eigenvalue weighted by molar-refractivity contribution is 0.0544. The largest absolute Gasteiger partial charge is 0.491 e. The van der Waals surface area contributed by atoms with Crippen molar-refractivity contribution in [2.24, 2.45) is 0 Å². The minimum atomic E-state index is 0.0678. The van der Waals surface area contributed by atoms with Crippen LogP contribution in [0.2, 0.25) is 0 Å². The Balaban J connectivity index is 1.82. The highest BCUT2D eigenvalue weighted by Gasteiger charge is 2.42. The molecule has 0 atom stereocenters. The van der Waals surface area contributed by atoms with Crippen LogP contribution in [0.25, 0.3) is 11.1 Å². The Morgan fingerprint density at radius 1 is 0.632 bits per heavy atom. The molecule has 1 aliphatic rings. The summed E-state index contributed by atoms with van der Waals surface area (Å²) in [4.78, 5) is 0. The fourth-order valence-corrected chi connectivity index (χ4v) is 6.44. The monoisotopic (exact) mass is 586 g/mol. The first-order chi connectivity index (χ1) is 18.7. The van der Waals surface area contributed by atoms with Crippen molar-refractivity contribution in [3.8, 4) is 16.9 Å². The summed E-state index contributed by atoms with van der Waals surface area (Å²) in [6.45, 7) is 6.95. The molecule has 0 aliphatic heterocycles. The molecule has 0 radical (unpaired) electrons. The summed E-state index contributed by atoms with van der Waals surface area (Å²) in [6.07, 6.45) is 18.4. The second-order valence-electron chi connectivity index (χ2n) is 11.0. The second kappa shape index (κ2) is 17.4. The summed E-state index contributed by atoms with van der Waals surface area (Å²) < 4.78 is 18.1. The molecule has 2 aromatic carbocycles. The Labute approximate surface area is 241 Å². The van der Waals surface area contributed by atoms with Gasteiger partial charge in [0.05, 0.1) is 19.8 Å². The predicted molar refractivity (Wildman–Crippen MR) is 165 cm³/mol. The van der Waals surface area contributed by atoms with E-state index in [4.69, 9.17) is 14.2 Å². The molecule has 0 heterocycles. The lowest BCUT2D eigenvalue weighted by atomic mass is 9.70. The fraction of sp³-hybridized carbons (Fsp3) is 0.647. The summed E-state index contributed by atoms with van der Waals surface area (Å²) in [7, 11) is 1.70. The van der Waals surface area contributed by atoms with Gasteiger partial charge in [0, 0.05) is 17.0 Å². The maximum absolute atomic E-state index is 6.19. The van der Waals surface area contributed by atoms with Crippen molar-refractivity contribution < 1.29 is 14.2 Å². The normalized spacial score (nSPS) is 13.5. The third-order valence-corrected chi connectivity index (χ3v) is 8.63. The molecule has 1 aliphatic carbocycles. The maximum atomic E-state index is 6.19. The number of hydrogen-bond acceptors (Lipinski definition) is 3. The predicted octanol–water partition coefficient (Wildman–Crippen LogP) is 10.3. The Morgan fingerprint density at radius 2 is 1.18 bits per heavy atom. The van der Waals surface area contributed by atoms with Crippen LogP contribution < -0.4 is 4.74 Å². The first kappa shape index (κ1) is 31.2. The molecule has 0 aromatic heterocycles. The van der Waals surface area contributed by atoms with Crippen LogP contribution in [0, 0.1) is 0 Å². The number of hydrogen-bond donors (Lipinski definition) is 0. The molecule has 0 unspecified atom stereocenters. The number of methoxy groups -OCH3 is 1. The van der Waals surface area contributed by atoms with Gasteiger partial charge in [-0.1, -0.05) is 119 Å². The lowest BCUT2D eigenvalue weighted by Crippen LogP contribution is -2.25. The van der Waals surface area contributed by atoms with E-state index in [9.17, 15) is 0 Å². The third kappa shape index (κ3) is 8.83. The molecule has 0 N–H and O–H groups in total. The topological polar surface area (TPSA) is 27.7 Å². The van der Waals surface area contributed by atoms with Crippen LogP contribution in [0.4, 0.5) is 0 Å². The second-order valence-corrected chi connectivity index (χ2v) is 11.9. The first-order valence-electron chi connectivity index (χ1n) is 15.3. The van der Waals surface area contributed by atoms with E-state index in [0.717, 1.165) is 5.75 Å². The van der Waals surface area contributed by atoms with E-state index in [1.807, 2.05) is 0 Å². The molecular formula is C34H51BrO3. The maximum Gasteiger partial charge on any atom is 0.119 e. The minimum absolute atomic E-state index is 0.0678. The van der Waals surface area contributed by atoms with Crippen LogP contribution in [0.15, 0.2) is 40.9 Å². The number of rotatable bonds is 21. The van der Waals surface area contributed by atoms with Crippen LogP contribution in [0.3, 0.4) is 0 Å². The van der Waals surface area contributed by atoms with Gasteiger partial charge >= 0.3 is 0 Å². The van der Waals surface area contributed by atoms with Crippen molar-refractivity contribution >= 4 is 15.9 Å². The van der Waals surface area contributed by atoms with Crippen molar-refractivity contribution in [3.63, 3.8) is 0 Å². The van der Waals surface area contributed by atoms with Crippen LogP contribution in [0.1, 0.15) is 115 Å². The average Bonchev–Trinajstić information content (AvgIpc) is 3.18. The van der Waals surface area contributed by atoms with Crippen LogP contribution in [-0.4, -0.2) is 33.5 Å². The molecule has 0 fully saturated rings. The summed E-state index contributed by atoms with van der Waals surface area (Å²) >= 11 is 3.81. The third-order valence-electron chi connectivity index (χ3n) is 8.14. The first-order valence-corrected chi connectivity index (χ1v) is 16.1. The van der Waals surface area contributed by atoms with Crippen molar-refractivity contribution in [1.29, 1.82) is 0 Å². The van der Waals surface area contributed by atoms with Gasteiger partial charge in [0.1, 0.15) is 12.4 Å². The van der Waals surface area contributed by atoms with Gasteiger partial charge in [-0.25, -0.2) is 0 Å². The van der Waals surface area contributed by atoms with Gasteiger partial charge in [0.15, 0.2) is 0 Å². The van der Waals surface area contributed by atoms with Crippen molar-refractivity contribution in [3.05, 3.63) is 52.0 Å². The molecule has 38 heavy (non-hydrogen) atoms. The molecule has 4 heteroatoms. The van der Waals surface area contributed by atoms with E-state index >= 15 is 0 Å². The van der Waals surface area contributed by atoms with Gasteiger partial charge in [0.2, 0.25) is 0 Å². The van der Waals surface area contributed by atoms with E-state index < -0.39 is 0 Å². The van der Waals surface area contributed by atoms with Crippen molar-refractivity contribution in [1.82, 2.24) is 0 Å². The van der Waals surface area contributed by atoms with E-state index in [0.29, 0.717) is 26.4 Å². The molecule has 2 aromatic rings. The molecule has 212 valence electrons. The number of ether oxygens (including phenoxy) is 3. The molecule has 0 bridgehead atoms. The van der Waals surface area contributed by atoms with Crippen LogP contribution in [-0.2, 0) is 14.9 Å². The quantitative estimate of drug-likeness (QED) is 0.136. The Morgan fingerprint density at radius 3 is 1.82 bits per heavy atom. The standard InChI is InChI=1S/C34H51BrO3/c1-4-6-8-10-12-14-20-34(21-15-13-11-9-7-5-2)32-26-28(35)16-18-30(32)31-19-17-29(27-33(31)34)38-25-24-37-23-22-36-3/h16-19,26-27H,4-15,20-25H2,1-3H3. The zero-order valence-electron chi connectivity index (χ0n) is 24.3. The molecule has 3 rings (SSSR count). The Bertz CT molecular complexity index is 925. The Hall–Kier alpha value is -1.36. The summed E-state index contributed by atoms with van der Waals surface area (Å²) in [5.41, 5.74) is 5.87.